The summed E-state index contributed by atoms with van der Waals surface area (Å²) in [7, 11) is 6.14. The van der Waals surface area contributed by atoms with Crippen LogP contribution in [0.1, 0.15) is 223 Å². The number of benzene rings is 2. The first-order valence-electron chi connectivity index (χ1n) is 39.2. The fourth-order valence-corrected chi connectivity index (χ4v) is 8.25. The lowest BCUT2D eigenvalue weighted by Gasteiger charge is -2.23. The number of esters is 5. The van der Waals surface area contributed by atoms with Crippen LogP contribution in [0.5, 0.6) is 0 Å². The number of nitrogens with zero attached hydrogens (tertiary/aromatic N) is 4. The second kappa shape index (κ2) is 68.2. The Balaban J connectivity index is -0.000000282. The van der Waals surface area contributed by atoms with Crippen molar-refractivity contribution in [3.8, 4) is 0 Å². The molecule has 0 saturated carbocycles. The number of aliphatic hydroxyl groups is 2. The Morgan fingerprint density at radius 3 is 1.26 bits per heavy atom. The van der Waals surface area contributed by atoms with Crippen molar-refractivity contribution < 1.29 is 106 Å². The molecule has 4 rings (SSSR count). The van der Waals surface area contributed by atoms with E-state index in [1.807, 2.05) is 165 Å². The van der Waals surface area contributed by atoms with E-state index in [0.717, 1.165) is 62.3 Å². The number of cyclic esters (lactones) is 1. The summed E-state index contributed by atoms with van der Waals surface area (Å²) < 4.78 is 24.4. The van der Waals surface area contributed by atoms with Gasteiger partial charge in [-0.2, -0.15) is 4.79 Å². The Morgan fingerprint density at radius 1 is 0.568 bits per heavy atom. The van der Waals surface area contributed by atoms with Crippen molar-refractivity contribution in [3.63, 3.8) is 0 Å². The molecule has 2 aromatic carbocycles. The summed E-state index contributed by atoms with van der Waals surface area (Å²) in [5.41, 5.74) is 15.5. The number of ketones is 2. The van der Waals surface area contributed by atoms with Crippen LogP contribution in [0, 0.1) is 107 Å². The van der Waals surface area contributed by atoms with Crippen LogP contribution in [0.3, 0.4) is 0 Å². The van der Waals surface area contributed by atoms with Crippen LogP contribution in [0.4, 0.5) is 0 Å². The molecule has 5 N–H and O–H groups in total. The standard InChI is InChI=1S/C18H19NO4.C9H19NO2.C9H16O3.C8H14N2O.C8H17NO3.C7H12O2.C7H14O2.C7H14O.C6H10O2.C6H14O/c19-16(18(21)23-13-15-9-5-2-6-10-15)11-17(20)22-12-14-7-3-1-4-8-14;1-6-7(2)8(3)9(11)10(4)12-5;1-5-6(2)7(3)9(11)12-8(4)10;1-4-6(2)7(3)8(11)5-10-9;1-6(5-10)7(2)8(11)9(3)12-4;1-5-3-9-4-7(8)6(5)2;1-4-5(2)6(3)7(8)9;1-4-6(2)7(3)5-8;1-4-3-8-6(7)5(4)2;1-5(2)6(3)4-7/h1-10,16H,11-13,19H2;7-8H,6H2,1-5H3;6-7H,5H2,1-4H3;5-7H,4H2,1-3H3;6-7,10H,5H2,1-4H3;5-6H,3-4H2,1-2H3;5-6H,4H2,1-3H3,(H,8,9);5-7H,4H2,1-3H3;4-5H,3H2,1-2H3;5-7H,4H2,1-3H3/t16-;7-,8-;3*6-,7-;5-,6?;5-,6-;6-,7+;4-,5-;6-/m0000000000/s1. The molecule has 26 heteroatoms. The summed E-state index contributed by atoms with van der Waals surface area (Å²) in [5.74, 6) is 0.925. The molecule has 2 aliphatic rings. The van der Waals surface area contributed by atoms with Gasteiger partial charge in [-0.3, -0.25) is 57.6 Å². The maximum Gasteiger partial charge on any atom is 0.323 e. The van der Waals surface area contributed by atoms with Gasteiger partial charge in [0.05, 0.1) is 51.6 Å². The van der Waals surface area contributed by atoms with Crippen molar-refractivity contribution in [2.75, 3.05) is 61.3 Å². The maximum atomic E-state index is 11.8. The summed E-state index contributed by atoms with van der Waals surface area (Å²) in [6, 6.07) is 17.5. The Morgan fingerprint density at radius 2 is 0.964 bits per heavy atom. The molecule has 2 heterocycles. The highest BCUT2D eigenvalue weighted by molar-refractivity contribution is 6.26. The highest BCUT2D eigenvalue weighted by Gasteiger charge is 2.30. The molecule has 640 valence electrons. The number of Topliss-reactive ketones (excluding diaryl/α,β-unsaturated/α-hetero) is 2. The van der Waals surface area contributed by atoms with Crippen molar-refractivity contribution in [1.29, 1.82) is 0 Å². The van der Waals surface area contributed by atoms with Crippen molar-refractivity contribution in [2.45, 2.75) is 231 Å². The molecule has 2 amide bonds. The molecule has 1 unspecified atom stereocenters. The lowest BCUT2D eigenvalue weighted by Crippen LogP contribution is -2.34. The minimum absolute atomic E-state index is 0.0183. The van der Waals surface area contributed by atoms with Crippen molar-refractivity contribution >= 4 is 71.7 Å². The number of amides is 2. The molecule has 0 radical (unpaired) electrons. The molecule has 2 aromatic rings. The van der Waals surface area contributed by atoms with Gasteiger partial charge in [0.15, 0.2) is 5.78 Å². The maximum absolute atomic E-state index is 11.8. The van der Waals surface area contributed by atoms with Gasteiger partial charge in [0, 0.05) is 69.7 Å². The van der Waals surface area contributed by atoms with Crippen molar-refractivity contribution in [1.82, 2.24) is 10.1 Å². The van der Waals surface area contributed by atoms with Crippen LogP contribution >= 0.6 is 0 Å². The first-order valence-corrected chi connectivity index (χ1v) is 39.2. The number of aldehydes is 1. The van der Waals surface area contributed by atoms with Gasteiger partial charge in [-0.05, 0) is 64.4 Å². The van der Waals surface area contributed by atoms with Gasteiger partial charge in [-0.15, -0.1) is 0 Å². The second-order valence-electron chi connectivity index (χ2n) is 29.6. The van der Waals surface area contributed by atoms with Crippen LogP contribution in [0.2, 0.25) is 0 Å². The number of ether oxygens (including phenoxy) is 5. The fourth-order valence-electron chi connectivity index (χ4n) is 8.25. The van der Waals surface area contributed by atoms with E-state index >= 15 is 0 Å². The third-order valence-electron chi connectivity index (χ3n) is 20.8. The predicted octanol–water partition coefficient (Wildman–Crippen LogP) is 14.0. The van der Waals surface area contributed by atoms with Crippen LogP contribution in [-0.4, -0.2) is 169 Å². The van der Waals surface area contributed by atoms with Crippen LogP contribution in [0.15, 0.2) is 60.7 Å². The van der Waals surface area contributed by atoms with Crippen LogP contribution < -0.4 is 5.73 Å². The number of hydroxylamine groups is 4. The molecule has 2 aliphatic heterocycles. The minimum Gasteiger partial charge on any atom is -0.481 e. The average Bonchev–Trinajstić information content (AvgIpc) is 1.88. The normalized spacial score (nSPS) is 18.1. The lowest BCUT2D eigenvalue weighted by atomic mass is 9.90. The van der Waals surface area contributed by atoms with E-state index in [-0.39, 0.29) is 115 Å². The Bertz CT molecular complexity index is 2860. The van der Waals surface area contributed by atoms with E-state index in [1.54, 1.807) is 34.9 Å². The van der Waals surface area contributed by atoms with Crippen molar-refractivity contribution in [3.05, 3.63) is 77.3 Å². The fraction of sp³-hybridized carbons (Fsp3) is 0.718. The number of hydrogen-bond donors (Lipinski definition) is 4. The third-order valence-corrected chi connectivity index (χ3v) is 20.8. The van der Waals surface area contributed by atoms with Gasteiger partial charge < -0.3 is 55.1 Å². The second-order valence-corrected chi connectivity index (χ2v) is 29.6. The molecular formula is C85H149N5O21. The topological polar surface area (TPSA) is 382 Å². The molecule has 0 aromatic heterocycles. The summed E-state index contributed by atoms with van der Waals surface area (Å²) in [6.07, 6.45) is 6.71. The smallest absolute Gasteiger partial charge is 0.323 e. The molecule has 2 saturated heterocycles. The molecule has 18 atom stereocenters. The highest BCUT2D eigenvalue weighted by atomic mass is 16.7. The van der Waals surface area contributed by atoms with Crippen molar-refractivity contribution in [2.24, 2.45) is 112 Å². The van der Waals surface area contributed by atoms with E-state index in [1.165, 1.54) is 31.3 Å². The van der Waals surface area contributed by atoms with E-state index < -0.39 is 35.9 Å². The van der Waals surface area contributed by atoms with E-state index in [4.69, 9.17) is 55.2 Å². The summed E-state index contributed by atoms with van der Waals surface area (Å²) in [5, 5.41) is 28.3. The first kappa shape index (κ1) is 114. The SMILES string of the molecule is CC(C)[C@@H](C)CO.CC1C(=O)COC[C@@H]1C.CC[C@H](C)[C@H](C)C(=O)C=[N+]=[N-].CC[C@H](C)[C@H](C)C(=O)N(C)OC.CC[C@H](C)[C@H](C)C(=O)O.CC[C@H](C)[C@H](C)C(=O)OC(C)=O.CC[C@H](C)[C@H](C)C=O.CON(C)C(=O)[C@@H](C)[C@@H](C)CO.C[C@@H]1C(=O)OC[C@@H]1C.N[C@@H](CC(=O)OCc1ccccc1)C(=O)OCc1ccccc1. The average molecular weight is 1580 g/mol. The third kappa shape index (κ3) is 55.6. The molecule has 0 aliphatic carbocycles. The van der Waals surface area contributed by atoms with Gasteiger partial charge in [-0.1, -0.05) is 259 Å². The molecule has 2 fully saturated rings. The number of aliphatic carboxylic acids is 1. The minimum atomic E-state index is -1.03. The largest absolute Gasteiger partial charge is 0.481 e. The van der Waals surface area contributed by atoms with Gasteiger partial charge in [0.1, 0.15) is 32.1 Å². The van der Waals surface area contributed by atoms with Crippen LogP contribution in [-0.2, 0) is 99.3 Å². The van der Waals surface area contributed by atoms with E-state index in [2.05, 4.69) is 51.1 Å². The van der Waals surface area contributed by atoms with E-state index in [9.17, 15) is 52.7 Å². The Hall–Kier alpha value is -7.45. The Labute approximate surface area is 666 Å². The Kier molecular flexibility index (Phi) is 70.3. The number of nitrogens with two attached hydrogens (primary N) is 1. The number of carbonyl (C=O) groups excluding carboxylic acids is 10. The number of hydrogen-bond acceptors (Lipinski definition) is 21. The van der Waals surface area contributed by atoms with E-state index in [0.29, 0.717) is 67.2 Å². The molecule has 0 bridgehead atoms. The number of rotatable bonds is 30. The summed E-state index contributed by atoms with van der Waals surface area (Å²) in [4.78, 5) is 133. The molecule has 26 nitrogen and oxygen atoms in total. The van der Waals surface area contributed by atoms with Gasteiger partial charge >= 0.3 is 42.0 Å². The lowest BCUT2D eigenvalue weighted by molar-refractivity contribution is -0.175. The van der Waals surface area contributed by atoms with Gasteiger partial charge in [0.2, 0.25) is 17.6 Å². The zero-order valence-corrected chi connectivity index (χ0v) is 73.1. The van der Waals surface area contributed by atoms with Gasteiger partial charge in [-0.25, -0.2) is 10.1 Å². The number of aliphatic hydroxyl groups excluding tert-OH is 2. The zero-order valence-electron chi connectivity index (χ0n) is 73.1. The summed E-state index contributed by atoms with van der Waals surface area (Å²) in [6.45, 7) is 50.9. The molecule has 0 spiro atoms. The first-order chi connectivity index (χ1) is 51.8. The highest BCUT2D eigenvalue weighted by Crippen LogP contribution is 2.22. The molecule has 111 heavy (non-hydrogen) atoms. The zero-order chi connectivity index (χ0) is 87.4. The summed E-state index contributed by atoms with van der Waals surface area (Å²) >= 11 is 0. The predicted molar refractivity (Wildman–Crippen MR) is 433 cm³/mol. The molecular weight excluding hydrogens is 1430 g/mol. The number of carboxylic acid groups (broad SMARTS) is 1. The number of carbonyl (C=O) groups is 11. The monoisotopic (exact) mass is 1580 g/mol. The van der Waals surface area contributed by atoms with Gasteiger partial charge in [0.25, 0.3) is 0 Å². The quantitative estimate of drug-likeness (QED) is 0.00825. The van der Waals surface area contributed by atoms with Crippen LogP contribution in [0.25, 0.3) is 5.53 Å². The number of carboxylic acids is 1.